The molecule has 1 aromatic heterocycles. The summed E-state index contributed by atoms with van der Waals surface area (Å²) >= 11 is 0. The minimum absolute atomic E-state index is 0.344. The van der Waals surface area contributed by atoms with Crippen LogP contribution in [0.15, 0.2) is 28.7 Å². The zero-order valence-electron chi connectivity index (χ0n) is 12.2. The standard InChI is InChI=1S/C16H19NO4/c1-2-20-16(18)15-13(11-17-7-9-19-10-8-17)12-5-3-4-6-14(12)21-15/h3-6H,2,7-11H2,1H3/p+1. The summed E-state index contributed by atoms with van der Waals surface area (Å²) in [5, 5.41) is 1.000. The molecule has 1 aliphatic rings. The van der Waals surface area contributed by atoms with Crippen LogP contribution in [-0.2, 0) is 16.0 Å². The molecule has 5 heteroatoms. The van der Waals surface area contributed by atoms with Gasteiger partial charge in [0.15, 0.2) is 0 Å². The molecule has 0 unspecified atom stereocenters. The number of para-hydroxylation sites is 1. The van der Waals surface area contributed by atoms with Crippen LogP contribution in [0.1, 0.15) is 23.0 Å². The van der Waals surface area contributed by atoms with E-state index in [4.69, 9.17) is 13.9 Å². The normalized spacial score (nSPS) is 16.2. The number of carbonyl (C=O) groups excluding carboxylic acids is 1. The van der Waals surface area contributed by atoms with E-state index in [-0.39, 0.29) is 5.97 Å². The van der Waals surface area contributed by atoms with Gasteiger partial charge in [0, 0.05) is 5.39 Å². The fraction of sp³-hybridized carbons (Fsp3) is 0.438. The Morgan fingerprint density at radius 3 is 2.81 bits per heavy atom. The molecule has 3 rings (SSSR count). The number of morpholine rings is 1. The third-order valence-corrected chi connectivity index (χ3v) is 3.79. The van der Waals surface area contributed by atoms with Crippen molar-refractivity contribution >= 4 is 16.9 Å². The van der Waals surface area contributed by atoms with Crippen LogP contribution in [-0.4, -0.2) is 38.9 Å². The predicted molar refractivity (Wildman–Crippen MR) is 77.4 cm³/mol. The van der Waals surface area contributed by atoms with Gasteiger partial charge in [-0.25, -0.2) is 4.79 Å². The Balaban J connectivity index is 1.96. The molecule has 1 fully saturated rings. The second-order valence-corrected chi connectivity index (χ2v) is 5.17. The van der Waals surface area contributed by atoms with E-state index in [0.29, 0.717) is 12.4 Å². The number of carbonyl (C=O) groups is 1. The SMILES string of the molecule is CCOC(=O)c1oc2ccccc2c1C[NH+]1CCOCC1. The molecule has 0 atom stereocenters. The first-order valence-electron chi connectivity index (χ1n) is 7.38. The number of esters is 1. The predicted octanol–water partition coefficient (Wildman–Crippen LogP) is 1.02. The van der Waals surface area contributed by atoms with E-state index in [1.54, 1.807) is 6.92 Å². The van der Waals surface area contributed by atoms with E-state index in [9.17, 15) is 4.79 Å². The zero-order chi connectivity index (χ0) is 14.7. The summed E-state index contributed by atoms with van der Waals surface area (Å²) in [6.07, 6.45) is 0. The van der Waals surface area contributed by atoms with E-state index in [2.05, 4.69) is 0 Å². The van der Waals surface area contributed by atoms with Gasteiger partial charge in [0.25, 0.3) is 0 Å². The Hall–Kier alpha value is -1.85. The molecule has 0 radical (unpaired) electrons. The Kier molecular flexibility index (Phi) is 4.22. The zero-order valence-corrected chi connectivity index (χ0v) is 12.2. The van der Waals surface area contributed by atoms with Gasteiger partial charge in [0.05, 0.1) is 25.4 Å². The van der Waals surface area contributed by atoms with Crippen molar-refractivity contribution in [2.24, 2.45) is 0 Å². The Morgan fingerprint density at radius 1 is 1.29 bits per heavy atom. The first-order chi connectivity index (χ1) is 10.3. The topological polar surface area (TPSA) is 53.1 Å². The second kappa shape index (κ2) is 6.28. The molecule has 5 nitrogen and oxygen atoms in total. The minimum atomic E-state index is -0.378. The van der Waals surface area contributed by atoms with Gasteiger partial charge < -0.3 is 18.8 Å². The van der Waals surface area contributed by atoms with Crippen molar-refractivity contribution in [2.75, 3.05) is 32.9 Å². The number of furan rings is 1. The fourth-order valence-electron chi connectivity index (χ4n) is 2.72. The van der Waals surface area contributed by atoms with Crippen LogP contribution in [0, 0.1) is 0 Å². The third-order valence-electron chi connectivity index (χ3n) is 3.79. The van der Waals surface area contributed by atoms with Gasteiger partial charge in [-0.1, -0.05) is 18.2 Å². The molecule has 1 saturated heterocycles. The van der Waals surface area contributed by atoms with Crippen molar-refractivity contribution in [3.05, 3.63) is 35.6 Å². The van der Waals surface area contributed by atoms with Gasteiger partial charge in [-0.15, -0.1) is 0 Å². The molecule has 0 amide bonds. The quantitative estimate of drug-likeness (QED) is 0.854. The number of benzene rings is 1. The van der Waals surface area contributed by atoms with Gasteiger partial charge in [0.1, 0.15) is 25.2 Å². The highest BCUT2D eigenvalue weighted by Crippen LogP contribution is 2.26. The van der Waals surface area contributed by atoms with E-state index in [0.717, 1.165) is 49.4 Å². The lowest BCUT2D eigenvalue weighted by Gasteiger charge is -2.23. The van der Waals surface area contributed by atoms with Crippen LogP contribution in [0.2, 0.25) is 0 Å². The van der Waals surface area contributed by atoms with Crippen molar-refractivity contribution in [1.82, 2.24) is 0 Å². The van der Waals surface area contributed by atoms with Gasteiger partial charge in [-0.2, -0.15) is 0 Å². The van der Waals surface area contributed by atoms with E-state index < -0.39 is 0 Å². The van der Waals surface area contributed by atoms with Gasteiger partial charge in [-0.05, 0) is 13.0 Å². The minimum Gasteiger partial charge on any atom is -0.460 e. The van der Waals surface area contributed by atoms with Gasteiger partial charge in [0.2, 0.25) is 5.76 Å². The number of ether oxygens (including phenoxy) is 2. The first kappa shape index (κ1) is 14.1. The monoisotopic (exact) mass is 290 g/mol. The molecule has 21 heavy (non-hydrogen) atoms. The van der Waals surface area contributed by atoms with Crippen LogP contribution < -0.4 is 4.90 Å². The largest absolute Gasteiger partial charge is 0.460 e. The number of fused-ring (bicyclic) bond motifs is 1. The third kappa shape index (κ3) is 2.94. The summed E-state index contributed by atoms with van der Waals surface area (Å²) in [7, 11) is 0. The summed E-state index contributed by atoms with van der Waals surface area (Å²) < 4.78 is 16.2. The summed E-state index contributed by atoms with van der Waals surface area (Å²) in [6, 6.07) is 7.75. The van der Waals surface area contributed by atoms with Crippen LogP contribution in [0.5, 0.6) is 0 Å². The molecule has 2 heterocycles. The Labute approximate surface area is 123 Å². The van der Waals surface area contributed by atoms with Crippen molar-refractivity contribution in [1.29, 1.82) is 0 Å². The Morgan fingerprint density at radius 2 is 2.05 bits per heavy atom. The maximum atomic E-state index is 12.1. The number of hydrogen-bond acceptors (Lipinski definition) is 4. The van der Waals surface area contributed by atoms with E-state index >= 15 is 0 Å². The number of quaternary nitrogens is 1. The lowest BCUT2D eigenvalue weighted by molar-refractivity contribution is -0.921. The molecule has 1 aromatic carbocycles. The van der Waals surface area contributed by atoms with Crippen molar-refractivity contribution < 1.29 is 23.6 Å². The number of nitrogens with one attached hydrogen (secondary N) is 1. The van der Waals surface area contributed by atoms with Crippen LogP contribution in [0.3, 0.4) is 0 Å². The summed E-state index contributed by atoms with van der Waals surface area (Å²) in [6.45, 7) is 6.32. The highest BCUT2D eigenvalue weighted by Gasteiger charge is 2.25. The Bertz CT molecular complexity index is 628. The molecule has 112 valence electrons. The van der Waals surface area contributed by atoms with Crippen LogP contribution >= 0.6 is 0 Å². The first-order valence-corrected chi connectivity index (χ1v) is 7.38. The molecule has 0 spiro atoms. The van der Waals surface area contributed by atoms with E-state index in [1.165, 1.54) is 4.90 Å². The van der Waals surface area contributed by atoms with Crippen molar-refractivity contribution in [3.8, 4) is 0 Å². The van der Waals surface area contributed by atoms with E-state index in [1.807, 2.05) is 24.3 Å². The average Bonchev–Trinajstić information content (AvgIpc) is 2.88. The molecule has 1 aliphatic heterocycles. The molecule has 0 aliphatic carbocycles. The molecule has 0 saturated carbocycles. The highest BCUT2D eigenvalue weighted by atomic mass is 16.5. The highest BCUT2D eigenvalue weighted by molar-refractivity contribution is 5.95. The van der Waals surface area contributed by atoms with Crippen molar-refractivity contribution in [2.45, 2.75) is 13.5 Å². The smallest absolute Gasteiger partial charge is 0.374 e. The molecule has 1 N–H and O–H groups in total. The summed E-state index contributed by atoms with van der Waals surface area (Å²) in [5.41, 5.74) is 1.68. The lowest BCUT2D eigenvalue weighted by Crippen LogP contribution is -3.12. The van der Waals surface area contributed by atoms with Crippen molar-refractivity contribution in [3.63, 3.8) is 0 Å². The maximum absolute atomic E-state index is 12.1. The second-order valence-electron chi connectivity index (χ2n) is 5.17. The molecular formula is C16H20NO4+. The van der Waals surface area contributed by atoms with Gasteiger partial charge in [-0.3, -0.25) is 0 Å². The lowest BCUT2D eigenvalue weighted by atomic mass is 10.1. The summed E-state index contributed by atoms with van der Waals surface area (Å²) in [5.74, 6) is -0.0339. The summed E-state index contributed by atoms with van der Waals surface area (Å²) in [4.78, 5) is 13.5. The maximum Gasteiger partial charge on any atom is 0.374 e. The molecule has 0 bridgehead atoms. The van der Waals surface area contributed by atoms with Crippen LogP contribution in [0.25, 0.3) is 11.0 Å². The number of hydrogen-bond donors (Lipinski definition) is 1. The average molecular weight is 290 g/mol. The van der Waals surface area contributed by atoms with Crippen LogP contribution in [0.4, 0.5) is 0 Å². The van der Waals surface area contributed by atoms with Gasteiger partial charge >= 0.3 is 5.97 Å². The molecule has 2 aromatic rings. The molecular weight excluding hydrogens is 270 g/mol. The fourth-order valence-corrected chi connectivity index (χ4v) is 2.72. The number of rotatable bonds is 4.